The molecule has 7 nitrogen and oxygen atoms in total. The number of ether oxygens (including phenoxy) is 2. The number of sulfonamides is 1. The first-order chi connectivity index (χ1) is 15.7. The Morgan fingerprint density at radius 3 is 2.58 bits per heavy atom. The van der Waals surface area contributed by atoms with Crippen LogP contribution in [0.2, 0.25) is 5.02 Å². The summed E-state index contributed by atoms with van der Waals surface area (Å²) in [5.74, 6) is -0.00118. The van der Waals surface area contributed by atoms with Crippen LogP contribution < -0.4 is 14.2 Å². The van der Waals surface area contributed by atoms with E-state index >= 15 is 0 Å². The number of carbonyl (C=O) groups is 1. The van der Waals surface area contributed by atoms with Crippen LogP contribution in [0.25, 0.3) is 0 Å². The second kappa shape index (κ2) is 9.29. The van der Waals surface area contributed by atoms with Gasteiger partial charge in [-0.05, 0) is 42.5 Å². The Morgan fingerprint density at radius 1 is 1.12 bits per heavy atom. The predicted molar refractivity (Wildman–Crippen MR) is 122 cm³/mol. The van der Waals surface area contributed by atoms with Crippen molar-refractivity contribution in [2.75, 3.05) is 24.9 Å². The third kappa shape index (κ3) is 5.04. The number of amides is 1. The molecule has 0 bridgehead atoms. The van der Waals surface area contributed by atoms with Gasteiger partial charge >= 0.3 is 0 Å². The van der Waals surface area contributed by atoms with Crippen molar-refractivity contribution in [2.45, 2.75) is 11.0 Å². The van der Waals surface area contributed by atoms with E-state index in [1.54, 1.807) is 19.2 Å². The summed E-state index contributed by atoms with van der Waals surface area (Å²) < 4.78 is 53.2. The fraction of sp³-hybridized carbons (Fsp3) is 0.174. The first-order valence-corrected chi connectivity index (χ1v) is 11.8. The molecule has 1 unspecified atom stereocenters. The summed E-state index contributed by atoms with van der Waals surface area (Å²) in [6, 6.07) is 16.3. The summed E-state index contributed by atoms with van der Waals surface area (Å²) in [6.07, 6.45) is -0.415. The van der Waals surface area contributed by atoms with Gasteiger partial charge in [0.25, 0.3) is 15.9 Å². The van der Waals surface area contributed by atoms with Crippen LogP contribution in [-0.4, -0.2) is 45.5 Å². The summed E-state index contributed by atoms with van der Waals surface area (Å²) in [6.45, 7) is 0.442. The maximum atomic E-state index is 13.9. The van der Waals surface area contributed by atoms with E-state index in [4.69, 9.17) is 21.1 Å². The fourth-order valence-corrected chi connectivity index (χ4v) is 4.62. The van der Waals surface area contributed by atoms with Gasteiger partial charge in [-0.15, -0.1) is 0 Å². The highest BCUT2D eigenvalue weighted by Gasteiger charge is 2.26. The lowest BCUT2D eigenvalue weighted by Crippen LogP contribution is -2.41. The minimum atomic E-state index is -4.16. The van der Waals surface area contributed by atoms with Gasteiger partial charge in [-0.3, -0.25) is 9.52 Å². The standard InChI is InChI=1S/C23H20ClFN2O5S/c1-27(13-15-14-31-21-8-4-5-9-22(21)32-15)23(28)17-12-16(10-11-18(17)24)33(29,30)26-20-7-3-2-6-19(20)25/h2-12,15,26H,13-14H2,1H3. The van der Waals surface area contributed by atoms with Crippen LogP contribution in [0.5, 0.6) is 11.5 Å². The average molecular weight is 491 g/mol. The number of fused-ring (bicyclic) bond motifs is 1. The molecule has 0 aliphatic carbocycles. The van der Waals surface area contributed by atoms with Crippen LogP contribution in [0.3, 0.4) is 0 Å². The monoisotopic (exact) mass is 490 g/mol. The summed E-state index contributed by atoms with van der Waals surface area (Å²) in [4.78, 5) is 14.2. The molecule has 172 valence electrons. The Labute approximate surface area is 195 Å². The largest absolute Gasteiger partial charge is 0.486 e. The van der Waals surface area contributed by atoms with Gasteiger partial charge in [0, 0.05) is 7.05 Å². The highest BCUT2D eigenvalue weighted by Crippen LogP contribution is 2.31. The third-order valence-electron chi connectivity index (χ3n) is 4.99. The number of hydrogen-bond acceptors (Lipinski definition) is 5. The van der Waals surface area contributed by atoms with Gasteiger partial charge in [-0.1, -0.05) is 35.9 Å². The first kappa shape index (κ1) is 22.9. The molecule has 33 heavy (non-hydrogen) atoms. The van der Waals surface area contributed by atoms with Crippen molar-refractivity contribution in [3.8, 4) is 11.5 Å². The molecule has 1 aliphatic rings. The van der Waals surface area contributed by atoms with Gasteiger partial charge < -0.3 is 14.4 Å². The lowest BCUT2D eigenvalue weighted by molar-refractivity contribution is 0.0521. The summed E-state index contributed by atoms with van der Waals surface area (Å²) in [5, 5.41) is 0.0860. The van der Waals surface area contributed by atoms with Gasteiger partial charge in [0.05, 0.1) is 27.7 Å². The lowest BCUT2D eigenvalue weighted by atomic mass is 10.2. The van der Waals surface area contributed by atoms with E-state index in [2.05, 4.69) is 4.72 Å². The predicted octanol–water partition coefficient (Wildman–Crippen LogP) is 4.19. The van der Waals surface area contributed by atoms with E-state index < -0.39 is 27.9 Å². The number of anilines is 1. The van der Waals surface area contributed by atoms with Crippen LogP contribution >= 0.6 is 11.6 Å². The quantitative estimate of drug-likeness (QED) is 0.560. The summed E-state index contributed by atoms with van der Waals surface area (Å²) in [5.41, 5.74) is -0.208. The first-order valence-electron chi connectivity index (χ1n) is 9.95. The van der Waals surface area contributed by atoms with E-state index in [0.717, 1.165) is 12.1 Å². The molecule has 4 rings (SSSR count). The molecule has 0 fully saturated rings. The number of para-hydroxylation sites is 3. The Bertz CT molecular complexity index is 1300. The molecular formula is C23H20ClFN2O5S. The summed E-state index contributed by atoms with van der Waals surface area (Å²) in [7, 11) is -2.60. The van der Waals surface area contributed by atoms with Crippen molar-refractivity contribution in [1.29, 1.82) is 0 Å². The van der Waals surface area contributed by atoms with Crippen LogP contribution in [0.4, 0.5) is 10.1 Å². The van der Waals surface area contributed by atoms with Crippen molar-refractivity contribution in [2.24, 2.45) is 0 Å². The van der Waals surface area contributed by atoms with E-state index in [1.165, 1.54) is 35.2 Å². The smallest absolute Gasteiger partial charge is 0.262 e. The molecule has 1 aliphatic heterocycles. The molecule has 0 aromatic heterocycles. The molecule has 3 aromatic rings. The van der Waals surface area contributed by atoms with Gasteiger partial charge in [0.2, 0.25) is 0 Å². The van der Waals surface area contributed by atoms with Crippen molar-refractivity contribution in [1.82, 2.24) is 4.90 Å². The van der Waals surface area contributed by atoms with Gasteiger partial charge in [-0.2, -0.15) is 0 Å². The SMILES string of the molecule is CN(CC1COc2ccccc2O1)C(=O)c1cc(S(=O)(=O)Nc2ccccc2F)ccc1Cl. The van der Waals surface area contributed by atoms with Crippen LogP contribution in [-0.2, 0) is 10.0 Å². The number of rotatable bonds is 6. The molecule has 0 radical (unpaired) electrons. The Balaban J connectivity index is 1.51. The maximum Gasteiger partial charge on any atom is 0.262 e. The zero-order chi connectivity index (χ0) is 23.6. The second-order valence-electron chi connectivity index (χ2n) is 7.41. The molecular weight excluding hydrogens is 471 g/mol. The van der Waals surface area contributed by atoms with E-state index in [1.807, 2.05) is 12.1 Å². The number of halogens is 2. The third-order valence-corrected chi connectivity index (χ3v) is 6.68. The minimum absolute atomic E-state index is 0.00676. The van der Waals surface area contributed by atoms with Crippen LogP contribution in [0, 0.1) is 5.82 Å². The molecule has 0 spiro atoms. The van der Waals surface area contributed by atoms with Gasteiger partial charge in [-0.25, -0.2) is 12.8 Å². The van der Waals surface area contributed by atoms with Crippen molar-refractivity contribution in [3.63, 3.8) is 0 Å². The maximum absolute atomic E-state index is 13.9. The second-order valence-corrected chi connectivity index (χ2v) is 9.50. The number of hydrogen-bond donors (Lipinski definition) is 1. The van der Waals surface area contributed by atoms with Crippen LogP contribution in [0.15, 0.2) is 71.6 Å². The Hall–Kier alpha value is -3.30. The topological polar surface area (TPSA) is 84.9 Å². The van der Waals surface area contributed by atoms with Crippen LogP contribution in [0.1, 0.15) is 10.4 Å². The fourth-order valence-electron chi connectivity index (χ4n) is 3.33. The minimum Gasteiger partial charge on any atom is -0.486 e. The van der Waals surface area contributed by atoms with E-state index in [-0.39, 0.29) is 34.3 Å². The van der Waals surface area contributed by atoms with E-state index in [0.29, 0.717) is 11.5 Å². The lowest BCUT2D eigenvalue weighted by Gasteiger charge is -2.29. The molecule has 1 heterocycles. The molecule has 3 aromatic carbocycles. The average Bonchev–Trinajstić information content (AvgIpc) is 2.80. The molecule has 1 atom stereocenters. The molecule has 1 N–H and O–H groups in total. The number of likely N-dealkylation sites (N-methyl/N-ethyl adjacent to an activating group) is 1. The molecule has 1 amide bonds. The zero-order valence-electron chi connectivity index (χ0n) is 17.5. The molecule has 10 heteroatoms. The Kier molecular flexibility index (Phi) is 6.44. The Morgan fingerprint density at radius 2 is 1.82 bits per heavy atom. The van der Waals surface area contributed by atoms with Crippen molar-refractivity contribution >= 4 is 33.2 Å². The highest BCUT2D eigenvalue weighted by molar-refractivity contribution is 7.92. The number of nitrogens with one attached hydrogen (secondary N) is 1. The number of carbonyl (C=O) groups excluding carboxylic acids is 1. The normalized spacial score (nSPS) is 15.1. The van der Waals surface area contributed by atoms with Gasteiger partial charge in [0.1, 0.15) is 12.4 Å². The zero-order valence-corrected chi connectivity index (χ0v) is 19.1. The van der Waals surface area contributed by atoms with Crippen molar-refractivity contribution in [3.05, 3.63) is 83.1 Å². The summed E-state index contributed by atoms with van der Waals surface area (Å²) >= 11 is 6.20. The van der Waals surface area contributed by atoms with E-state index in [9.17, 15) is 17.6 Å². The number of benzene rings is 3. The van der Waals surface area contributed by atoms with Gasteiger partial charge in [0.15, 0.2) is 17.6 Å². The molecule has 0 saturated carbocycles. The molecule has 0 saturated heterocycles. The number of nitrogens with zero attached hydrogens (tertiary/aromatic N) is 1. The highest BCUT2D eigenvalue weighted by atomic mass is 35.5. The van der Waals surface area contributed by atoms with Crippen molar-refractivity contribution < 1.29 is 27.1 Å².